The van der Waals surface area contributed by atoms with Gasteiger partial charge in [0.05, 0.1) is 20.3 Å². The number of rotatable bonds is 4. The quantitative estimate of drug-likeness (QED) is 0.675. The van der Waals surface area contributed by atoms with Crippen LogP contribution in [0, 0.1) is 5.92 Å². The van der Waals surface area contributed by atoms with Crippen LogP contribution < -0.4 is 4.74 Å². The molecule has 5 rings (SSSR count). The van der Waals surface area contributed by atoms with Crippen LogP contribution >= 0.6 is 0 Å². The van der Waals surface area contributed by atoms with E-state index in [0.717, 1.165) is 46.3 Å². The van der Waals surface area contributed by atoms with Crippen molar-refractivity contribution in [2.24, 2.45) is 5.92 Å². The lowest BCUT2D eigenvalue weighted by molar-refractivity contribution is -0.155. The number of para-hydroxylation sites is 1. The Bertz CT molecular complexity index is 1110. The van der Waals surface area contributed by atoms with Crippen molar-refractivity contribution in [1.29, 1.82) is 0 Å². The predicted octanol–water partition coefficient (Wildman–Crippen LogP) is 3.60. The van der Waals surface area contributed by atoms with Crippen LogP contribution in [-0.4, -0.2) is 42.0 Å². The molecule has 1 aromatic heterocycles. The normalized spacial score (nSPS) is 20.7. The van der Waals surface area contributed by atoms with Gasteiger partial charge in [-0.05, 0) is 42.2 Å². The highest BCUT2D eigenvalue weighted by molar-refractivity contribution is 5.92. The molecule has 2 unspecified atom stereocenters. The van der Waals surface area contributed by atoms with Gasteiger partial charge in [-0.25, -0.2) is 4.79 Å². The molecule has 2 aromatic carbocycles. The Morgan fingerprint density at radius 1 is 1.03 bits per heavy atom. The van der Waals surface area contributed by atoms with Crippen molar-refractivity contribution in [3.8, 4) is 5.75 Å². The van der Waals surface area contributed by atoms with E-state index in [1.54, 1.807) is 12.0 Å². The Hall–Kier alpha value is -3.28. The fourth-order valence-corrected chi connectivity index (χ4v) is 4.55. The Morgan fingerprint density at radius 3 is 2.43 bits per heavy atom. The minimum atomic E-state index is -0.651. The zero-order valence-electron chi connectivity index (χ0n) is 17.1. The molecule has 1 fully saturated rings. The first-order valence-electron chi connectivity index (χ1n) is 10.3. The summed E-state index contributed by atoms with van der Waals surface area (Å²) >= 11 is 0. The molecule has 0 radical (unpaired) electrons. The van der Waals surface area contributed by atoms with Gasteiger partial charge < -0.3 is 19.4 Å². The number of methoxy groups -OCH3 is 2. The number of hydrogen-bond donors (Lipinski definition) is 1. The molecular formula is C24H24N2O4. The van der Waals surface area contributed by atoms with Crippen molar-refractivity contribution < 1.29 is 19.1 Å². The number of esters is 1. The SMILES string of the molecule is COC(=O)C1Cc2c([nH]c3ccccc23)C(c2ccc(OC)cc2)N1C(=O)C1CC1. The molecule has 6 nitrogen and oxygen atoms in total. The first kappa shape index (κ1) is 18.7. The van der Waals surface area contributed by atoms with Crippen LogP contribution in [0.4, 0.5) is 0 Å². The van der Waals surface area contributed by atoms with Crippen LogP contribution in [0.2, 0.25) is 0 Å². The highest BCUT2D eigenvalue weighted by atomic mass is 16.5. The number of aromatic amines is 1. The van der Waals surface area contributed by atoms with Crippen LogP contribution in [0.3, 0.4) is 0 Å². The van der Waals surface area contributed by atoms with E-state index in [4.69, 9.17) is 9.47 Å². The van der Waals surface area contributed by atoms with Crippen molar-refractivity contribution in [1.82, 2.24) is 9.88 Å². The lowest BCUT2D eigenvalue weighted by atomic mass is 9.87. The van der Waals surface area contributed by atoms with E-state index in [0.29, 0.717) is 6.42 Å². The fourth-order valence-electron chi connectivity index (χ4n) is 4.55. The molecule has 1 N–H and O–H groups in total. The number of carbonyl (C=O) groups is 2. The van der Waals surface area contributed by atoms with Crippen LogP contribution in [0.5, 0.6) is 5.75 Å². The van der Waals surface area contributed by atoms with Gasteiger partial charge >= 0.3 is 5.97 Å². The number of nitrogens with zero attached hydrogens (tertiary/aromatic N) is 1. The Labute approximate surface area is 174 Å². The van der Waals surface area contributed by atoms with Crippen molar-refractivity contribution in [3.63, 3.8) is 0 Å². The molecule has 3 aromatic rings. The number of H-pyrrole nitrogens is 1. The van der Waals surface area contributed by atoms with Crippen molar-refractivity contribution >= 4 is 22.8 Å². The van der Waals surface area contributed by atoms with E-state index >= 15 is 0 Å². The molecule has 2 aliphatic rings. The third-order valence-electron chi connectivity index (χ3n) is 6.22. The number of fused-ring (bicyclic) bond motifs is 3. The second kappa shape index (κ2) is 7.20. The van der Waals surface area contributed by atoms with Crippen molar-refractivity contribution in [2.75, 3.05) is 14.2 Å². The van der Waals surface area contributed by atoms with Crippen molar-refractivity contribution in [2.45, 2.75) is 31.3 Å². The molecule has 2 atom stereocenters. The third kappa shape index (κ3) is 2.95. The van der Waals surface area contributed by atoms with Crippen LogP contribution in [0.1, 0.15) is 35.7 Å². The molecule has 1 aliphatic carbocycles. The molecule has 30 heavy (non-hydrogen) atoms. The Kier molecular flexibility index (Phi) is 4.50. The number of benzene rings is 2. The lowest BCUT2D eigenvalue weighted by Crippen LogP contribution is -2.52. The summed E-state index contributed by atoms with van der Waals surface area (Å²) in [7, 11) is 3.01. The van der Waals surface area contributed by atoms with Crippen LogP contribution in [0.25, 0.3) is 10.9 Å². The molecule has 0 spiro atoms. The van der Waals surface area contributed by atoms with Gasteiger partial charge in [0.2, 0.25) is 5.91 Å². The third-order valence-corrected chi connectivity index (χ3v) is 6.22. The predicted molar refractivity (Wildman–Crippen MR) is 112 cm³/mol. The number of aromatic nitrogens is 1. The number of carbonyl (C=O) groups excluding carboxylic acids is 2. The largest absolute Gasteiger partial charge is 0.497 e. The average molecular weight is 404 g/mol. The second-order valence-corrected chi connectivity index (χ2v) is 8.00. The van der Waals surface area contributed by atoms with Gasteiger partial charge in [0.1, 0.15) is 11.8 Å². The molecule has 0 bridgehead atoms. The van der Waals surface area contributed by atoms with E-state index in [-0.39, 0.29) is 23.8 Å². The average Bonchev–Trinajstić information content (AvgIpc) is 3.58. The molecule has 0 saturated heterocycles. The first-order valence-corrected chi connectivity index (χ1v) is 10.3. The summed E-state index contributed by atoms with van der Waals surface area (Å²) in [5, 5.41) is 1.08. The standard InChI is InChI=1S/C24H24N2O4/c1-29-16-11-9-14(10-12-16)22-21-18(17-5-3-4-6-19(17)25-21)13-20(24(28)30-2)26(22)23(27)15-7-8-15/h3-6,9-12,15,20,22,25H,7-8,13H2,1-2H3. The Balaban J connectivity index is 1.72. The van der Waals surface area contributed by atoms with E-state index in [9.17, 15) is 9.59 Å². The van der Waals surface area contributed by atoms with Crippen LogP contribution in [-0.2, 0) is 20.7 Å². The Morgan fingerprint density at radius 2 is 1.77 bits per heavy atom. The fraction of sp³-hybridized carbons (Fsp3) is 0.333. The van der Waals surface area contributed by atoms with Gasteiger partial charge in [-0.2, -0.15) is 0 Å². The molecule has 154 valence electrons. The highest BCUT2D eigenvalue weighted by Crippen LogP contribution is 2.44. The van der Waals surface area contributed by atoms with E-state index in [1.165, 1.54) is 7.11 Å². The van der Waals surface area contributed by atoms with Gasteiger partial charge in [0, 0.05) is 28.9 Å². The smallest absolute Gasteiger partial charge is 0.328 e. The van der Waals surface area contributed by atoms with Crippen LogP contribution in [0.15, 0.2) is 48.5 Å². The summed E-state index contributed by atoms with van der Waals surface area (Å²) in [4.78, 5) is 31.5. The number of hydrogen-bond acceptors (Lipinski definition) is 4. The minimum absolute atomic E-state index is 0.0103. The number of nitrogens with one attached hydrogen (secondary N) is 1. The van der Waals surface area contributed by atoms with Gasteiger partial charge in [-0.1, -0.05) is 30.3 Å². The maximum absolute atomic E-state index is 13.4. The van der Waals surface area contributed by atoms with Crippen molar-refractivity contribution in [3.05, 3.63) is 65.4 Å². The van der Waals surface area contributed by atoms with E-state index in [2.05, 4.69) is 11.1 Å². The summed E-state index contributed by atoms with van der Waals surface area (Å²) in [6.45, 7) is 0. The minimum Gasteiger partial charge on any atom is -0.497 e. The maximum Gasteiger partial charge on any atom is 0.328 e. The lowest BCUT2D eigenvalue weighted by Gasteiger charge is -2.41. The summed E-state index contributed by atoms with van der Waals surface area (Å²) in [5.74, 6) is 0.383. The summed E-state index contributed by atoms with van der Waals surface area (Å²) in [6.07, 6.45) is 2.19. The summed E-state index contributed by atoms with van der Waals surface area (Å²) in [5.41, 5.74) is 3.98. The maximum atomic E-state index is 13.4. The molecule has 1 aliphatic heterocycles. The van der Waals surface area contributed by atoms with E-state index in [1.807, 2.05) is 42.5 Å². The topological polar surface area (TPSA) is 71.6 Å². The summed E-state index contributed by atoms with van der Waals surface area (Å²) in [6, 6.07) is 14.7. The zero-order chi connectivity index (χ0) is 20.8. The molecule has 6 heteroatoms. The first-order chi connectivity index (χ1) is 14.6. The highest BCUT2D eigenvalue weighted by Gasteiger charge is 2.47. The van der Waals surface area contributed by atoms with Gasteiger partial charge in [-0.3, -0.25) is 4.79 Å². The second-order valence-electron chi connectivity index (χ2n) is 8.00. The zero-order valence-corrected chi connectivity index (χ0v) is 17.1. The van der Waals surface area contributed by atoms with Gasteiger partial charge in [0.25, 0.3) is 0 Å². The molecule has 1 saturated carbocycles. The van der Waals surface area contributed by atoms with Gasteiger partial charge in [0.15, 0.2) is 0 Å². The summed E-state index contributed by atoms with van der Waals surface area (Å²) < 4.78 is 10.4. The molecule has 1 amide bonds. The van der Waals surface area contributed by atoms with E-state index < -0.39 is 6.04 Å². The molecular weight excluding hydrogens is 380 g/mol. The number of ether oxygens (including phenoxy) is 2. The number of amides is 1. The molecule has 2 heterocycles. The van der Waals surface area contributed by atoms with Gasteiger partial charge in [-0.15, -0.1) is 0 Å². The monoisotopic (exact) mass is 404 g/mol.